The summed E-state index contributed by atoms with van der Waals surface area (Å²) in [4.78, 5) is 26.3. The van der Waals surface area contributed by atoms with Gasteiger partial charge in [0.05, 0.1) is 19.4 Å². The molecule has 148 valence electrons. The Morgan fingerprint density at radius 1 is 1.14 bits per heavy atom. The number of carbonyl (C=O) groups is 2. The molecule has 0 N–H and O–H groups in total. The first-order chi connectivity index (χ1) is 13.6. The van der Waals surface area contributed by atoms with Crippen LogP contribution >= 0.6 is 11.8 Å². The Kier molecular flexibility index (Phi) is 6.92. The van der Waals surface area contributed by atoms with Gasteiger partial charge in [0.25, 0.3) is 0 Å². The smallest absolute Gasteiger partial charge is 0.328 e. The Bertz CT molecular complexity index is 817. The number of methoxy groups -OCH3 is 1. The number of hydrogen-bond acceptors (Lipinski definition) is 5. The lowest BCUT2D eigenvalue weighted by molar-refractivity contribution is -0.150. The molecule has 2 aromatic rings. The second-order valence-corrected chi connectivity index (χ2v) is 7.46. The van der Waals surface area contributed by atoms with E-state index in [4.69, 9.17) is 9.47 Å². The first-order valence-electron chi connectivity index (χ1n) is 8.98. The third-order valence-corrected chi connectivity index (χ3v) is 5.51. The van der Waals surface area contributed by atoms with Crippen molar-refractivity contribution in [1.82, 2.24) is 4.90 Å². The molecule has 1 amide bonds. The van der Waals surface area contributed by atoms with E-state index < -0.39 is 23.9 Å². The van der Waals surface area contributed by atoms with Crippen LogP contribution in [-0.2, 0) is 20.1 Å². The Morgan fingerprint density at radius 3 is 2.57 bits per heavy atom. The number of likely N-dealkylation sites (tertiary alicyclic amines) is 1. The number of esters is 1. The molecule has 1 aliphatic heterocycles. The zero-order valence-corrected chi connectivity index (χ0v) is 16.4. The molecule has 0 aromatic heterocycles. The van der Waals surface area contributed by atoms with Crippen molar-refractivity contribution in [2.24, 2.45) is 0 Å². The Hall–Kier alpha value is -2.54. The second kappa shape index (κ2) is 9.59. The van der Waals surface area contributed by atoms with Crippen molar-refractivity contribution in [3.63, 3.8) is 0 Å². The van der Waals surface area contributed by atoms with Crippen molar-refractivity contribution >= 4 is 23.6 Å². The normalized spacial score (nSPS) is 18.7. The number of carbonyl (C=O) groups excluding carboxylic acids is 2. The summed E-state index contributed by atoms with van der Waals surface area (Å²) < 4.78 is 24.4. The molecule has 0 bridgehead atoms. The summed E-state index contributed by atoms with van der Waals surface area (Å²) in [5.74, 6) is -0.0472. The number of ether oxygens (including phenoxy) is 2. The molecule has 7 heteroatoms. The maximum absolute atomic E-state index is 13.8. The van der Waals surface area contributed by atoms with E-state index in [-0.39, 0.29) is 30.4 Å². The van der Waals surface area contributed by atoms with Crippen LogP contribution in [0.3, 0.4) is 0 Å². The topological polar surface area (TPSA) is 55.8 Å². The summed E-state index contributed by atoms with van der Waals surface area (Å²) in [5.41, 5.74) is 1.13. The van der Waals surface area contributed by atoms with Gasteiger partial charge in [0, 0.05) is 12.2 Å². The lowest BCUT2D eigenvalue weighted by atomic mass is 10.2. The van der Waals surface area contributed by atoms with Gasteiger partial charge in [-0.3, -0.25) is 4.79 Å². The fourth-order valence-electron chi connectivity index (χ4n) is 3.15. The fraction of sp³-hybridized carbons (Fsp3) is 0.333. The molecule has 0 saturated carbocycles. The average Bonchev–Trinajstić information content (AvgIpc) is 3.14. The van der Waals surface area contributed by atoms with E-state index >= 15 is 0 Å². The van der Waals surface area contributed by atoms with Crippen LogP contribution in [0, 0.1) is 5.82 Å². The maximum Gasteiger partial charge on any atom is 0.328 e. The van der Waals surface area contributed by atoms with Gasteiger partial charge in [-0.05, 0) is 17.7 Å². The number of para-hydroxylation sites is 1. The molecule has 28 heavy (non-hydrogen) atoms. The quantitative estimate of drug-likeness (QED) is 0.664. The van der Waals surface area contributed by atoms with Crippen LogP contribution in [0.5, 0.6) is 5.75 Å². The van der Waals surface area contributed by atoms with Crippen molar-refractivity contribution in [2.75, 3.05) is 19.4 Å². The molecule has 5 nitrogen and oxygen atoms in total. The molecule has 2 atom stereocenters. The lowest BCUT2D eigenvalue weighted by Gasteiger charge is -2.22. The molecular weight excluding hydrogens is 381 g/mol. The predicted octanol–water partition coefficient (Wildman–Crippen LogP) is 3.28. The molecular formula is C21H22FNO4S. The van der Waals surface area contributed by atoms with Crippen molar-refractivity contribution in [1.29, 1.82) is 0 Å². The number of amides is 1. The van der Waals surface area contributed by atoms with Crippen LogP contribution in [0.4, 0.5) is 4.39 Å². The van der Waals surface area contributed by atoms with Gasteiger partial charge in [-0.2, -0.15) is 0 Å². The molecule has 1 saturated heterocycles. The van der Waals surface area contributed by atoms with E-state index in [0.29, 0.717) is 5.75 Å². The molecule has 0 aliphatic carbocycles. The van der Waals surface area contributed by atoms with E-state index in [2.05, 4.69) is 0 Å². The van der Waals surface area contributed by atoms with Gasteiger partial charge in [0.15, 0.2) is 11.6 Å². The third kappa shape index (κ3) is 5.04. The van der Waals surface area contributed by atoms with E-state index in [0.717, 1.165) is 5.56 Å². The highest BCUT2D eigenvalue weighted by Crippen LogP contribution is 2.26. The van der Waals surface area contributed by atoms with Crippen molar-refractivity contribution in [3.8, 4) is 5.75 Å². The van der Waals surface area contributed by atoms with Gasteiger partial charge in [0.1, 0.15) is 12.1 Å². The standard InChI is InChI=1S/C21H22FNO4S/c1-26-21(25)18-11-16(27-19-10-6-5-9-17(19)22)12-23(18)20(24)14-28-13-15-7-3-2-4-8-15/h2-10,16,18H,11-14H2,1H3/t16-,18+/m1/s1. The van der Waals surface area contributed by atoms with E-state index in [1.165, 1.54) is 35.9 Å². The summed E-state index contributed by atoms with van der Waals surface area (Å²) >= 11 is 1.49. The summed E-state index contributed by atoms with van der Waals surface area (Å²) in [7, 11) is 1.29. The van der Waals surface area contributed by atoms with Gasteiger partial charge < -0.3 is 14.4 Å². The van der Waals surface area contributed by atoms with Crippen LogP contribution in [0.15, 0.2) is 54.6 Å². The van der Waals surface area contributed by atoms with Gasteiger partial charge in [0.2, 0.25) is 5.91 Å². The third-order valence-electron chi connectivity index (χ3n) is 4.52. The number of halogens is 1. The second-order valence-electron chi connectivity index (χ2n) is 6.47. The fourth-order valence-corrected chi connectivity index (χ4v) is 4.02. The molecule has 1 heterocycles. The number of hydrogen-bond donors (Lipinski definition) is 0. The largest absolute Gasteiger partial charge is 0.485 e. The van der Waals surface area contributed by atoms with Crippen LogP contribution in [-0.4, -0.2) is 48.3 Å². The van der Waals surface area contributed by atoms with E-state index in [9.17, 15) is 14.0 Å². The highest BCUT2D eigenvalue weighted by atomic mass is 32.2. The lowest BCUT2D eigenvalue weighted by Crippen LogP contribution is -2.42. The molecule has 0 spiro atoms. The molecule has 1 aliphatic rings. The molecule has 2 aromatic carbocycles. The van der Waals surface area contributed by atoms with Gasteiger partial charge >= 0.3 is 5.97 Å². The zero-order valence-electron chi connectivity index (χ0n) is 15.5. The minimum Gasteiger partial charge on any atom is -0.485 e. The van der Waals surface area contributed by atoms with Crippen molar-refractivity contribution in [2.45, 2.75) is 24.3 Å². The molecule has 0 unspecified atom stereocenters. The minimum atomic E-state index is -0.716. The zero-order chi connectivity index (χ0) is 19.9. The number of benzene rings is 2. The predicted molar refractivity (Wildman–Crippen MR) is 106 cm³/mol. The first kappa shape index (κ1) is 20.2. The minimum absolute atomic E-state index is 0.115. The highest BCUT2D eigenvalue weighted by molar-refractivity contribution is 7.99. The molecule has 1 fully saturated rings. The van der Waals surface area contributed by atoms with Crippen LogP contribution < -0.4 is 4.74 Å². The van der Waals surface area contributed by atoms with Crippen molar-refractivity contribution < 1.29 is 23.5 Å². The van der Waals surface area contributed by atoms with Gasteiger partial charge in [-0.1, -0.05) is 42.5 Å². The Morgan fingerprint density at radius 2 is 1.86 bits per heavy atom. The van der Waals surface area contributed by atoms with Crippen LogP contribution in [0.2, 0.25) is 0 Å². The summed E-state index contributed by atoms with van der Waals surface area (Å²) in [6, 6.07) is 15.2. The molecule has 0 radical (unpaired) electrons. The SMILES string of the molecule is COC(=O)[C@@H]1C[C@@H](Oc2ccccc2F)CN1C(=O)CSCc1ccccc1. The monoisotopic (exact) mass is 403 g/mol. The Balaban J connectivity index is 1.61. The number of nitrogens with zero attached hydrogens (tertiary/aromatic N) is 1. The first-order valence-corrected chi connectivity index (χ1v) is 10.1. The van der Waals surface area contributed by atoms with Crippen molar-refractivity contribution in [3.05, 3.63) is 66.0 Å². The molecule has 3 rings (SSSR count). The summed E-state index contributed by atoms with van der Waals surface area (Å²) in [6.07, 6.45) is -0.195. The van der Waals surface area contributed by atoms with E-state index in [1.54, 1.807) is 12.1 Å². The van der Waals surface area contributed by atoms with Crippen LogP contribution in [0.25, 0.3) is 0 Å². The Labute approximate surface area is 167 Å². The highest BCUT2D eigenvalue weighted by Gasteiger charge is 2.41. The summed E-state index contributed by atoms with van der Waals surface area (Å²) in [5, 5.41) is 0. The average molecular weight is 403 g/mol. The number of thioether (sulfide) groups is 1. The van der Waals surface area contributed by atoms with E-state index in [1.807, 2.05) is 30.3 Å². The van der Waals surface area contributed by atoms with Crippen LogP contribution in [0.1, 0.15) is 12.0 Å². The maximum atomic E-state index is 13.8. The van der Waals surface area contributed by atoms with Gasteiger partial charge in [-0.25, -0.2) is 9.18 Å². The summed E-state index contributed by atoms with van der Waals surface area (Å²) in [6.45, 7) is 0.221. The number of rotatable bonds is 7. The van der Waals surface area contributed by atoms with Gasteiger partial charge in [-0.15, -0.1) is 11.8 Å².